The minimum absolute atomic E-state index is 0.254. The number of nitroso groups, excluding NO2 is 1. The molecule has 2 N–H and O–H groups in total. The molecule has 0 saturated heterocycles. The van der Waals surface area contributed by atoms with Gasteiger partial charge < -0.3 is 5.73 Å². The van der Waals surface area contributed by atoms with Crippen LogP contribution in [-0.2, 0) is 13.0 Å². The van der Waals surface area contributed by atoms with E-state index in [0.717, 1.165) is 50.0 Å². The van der Waals surface area contributed by atoms with Crippen molar-refractivity contribution >= 4 is 5.69 Å². The van der Waals surface area contributed by atoms with E-state index in [1.165, 1.54) is 5.56 Å². The summed E-state index contributed by atoms with van der Waals surface area (Å²) in [6.45, 7) is 2.21. The van der Waals surface area contributed by atoms with Crippen LogP contribution in [0.2, 0.25) is 0 Å². The van der Waals surface area contributed by atoms with Crippen LogP contribution in [0.5, 0.6) is 0 Å². The second-order valence-electron chi connectivity index (χ2n) is 6.48. The highest BCUT2D eigenvalue weighted by Crippen LogP contribution is 2.34. The molecular weight excluding hydrogens is 314 g/mol. The minimum Gasteiger partial charge on any atom is -0.330 e. The van der Waals surface area contributed by atoms with E-state index >= 15 is 0 Å². The highest BCUT2D eigenvalue weighted by molar-refractivity contribution is 5.41. The van der Waals surface area contributed by atoms with Crippen LogP contribution in [0.3, 0.4) is 0 Å². The van der Waals surface area contributed by atoms with Crippen LogP contribution >= 0.6 is 0 Å². The molecular formula is C19H25N5O. The fraction of sp³-hybridized carbons (Fsp3) is 0.474. The number of hydrogen-bond acceptors (Lipinski definition) is 6. The first kappa shape index (κ1) is 17.6. The summed E-state index contributed by atoms with van der Waals surface area (Å²) in [6.07, 6.45) is 8.90. The monoisotopic (exact) mass is 339 g/mol. The van der Waals surface area contributed by atoms with Crippen molar-refractivity contribution in [1.29, 1.82) is 0 Å². The third-order valence-electron chi connectivity index (χ3n) is 4.82. The van der Waals surface area contributed by atoms with Crippen LogP contribution in [0.15, 0.2) is 41.8 Å². The Morgan fingerprint density at radius 1 is 1.20 bits per heavy atom. The number of aryl methyl sites for hydroxylation is 1. The van der Waals surface area contributed by atoms with Crippen LogP contribution in [-0.4, -0.2) is 28.0 Å². The fourth-order valence-corrected chi connectivity index (χ4v) is 3.57. The van der Waals surface area contributed by atoms with E-state index in [0.29, 0.717) is 18.8 Å². The number of pyridine rings is 2. The van der Waals surface area contributed by atoms with E-state index in [-0.39, 0.29) is 6.04 Å². The summed E-state index contributed by atoms with van der Waals surface area (Å²) in [6, 6.07) is 7.90. The smallest absolute Gasteiger partial charge is 0.130 e. The van der Waals surface area contributed by atoms with Gasteiger partial charge in [-0.25, -0.2) is 0 Å². The Bertz CT molecular complexity index is 706. The first-order chi connectivity index (χ1) is 12.3. The van der Waals surface area contributed by atoms with Crippen molar-refractivity contribution in [2.75, 3.05) is 13.1 Å². The first-order valence-electron chi connectivity index (χ1n) is 8.98. The summed E-state index contributed by atoms with van der Waals surface area (Å²) in [5.74, 6) is 0. The van der Waals surface area contributed by atoms with Crippen molar-refractivity contribution < 1.29 is 0 Å². The largest absolute Gasteiger partial charge is 0.330 e. The maximum atomic E-state index is 11.1. The molecule has 2 aromatic rings. The van der Waals surface area contributed by atoms with Crippen molar-refractivity contribution in [3.05, 3.63) is 58.5 Å². The van der Waals surface area contributed by atoms with Gasteiger partial charge in [0.2, 0.25) is 0 Å². The molecule has 0 saturated carbocycles. The molecule has 1 aliphatic rings. The van der Waals surface area contributed by atoms with Gasteiger partial charge in [-0.15, -0.1) is 4.91 Å². The molecule has 25 heavy (non-hydrogen) atoms. The van der Waals surface area contributed by atoms with Gasteiger partial charge in [-0.05, 0) is 74.1 Å². The third kappa shape index (κ3) is 4.27. The Labute approximate surface area is 148 Å². The topological polar surface area (TPSA) is 84.5 Å². The normalized spacial score (nSPS) is 16.6. The lowest BCUT2D eigenvalue weighted by molar-refractivity contribution is 0.161. The van der Waals surface area contributed by atoms with Crippen LogP contribution in [0.4, 0.5) is 5.69 Å². The highest BCUT2D eigenvalue weighted by Gasteiger charge is 2.27. The Hall–Kier alpha value is -2.18. The zero-order valence-corrected chi connectivity index (χ0v) is 14.5. The van der Waals surface area contributed by atoms with Crippen molar-refractivity contribution in [2.45, 2.75) is 44.7 Å². The van der Waals surface area contributed by atoms with E-state index in [1.807, 2.05) is 12.3 Å². The molecule has 1 aliphatic carbocycles. The Kier molecular flexibility index (Phi) is 6.19. The number of hydrogen-bond donors (Lipinski definition) is 1. The molecule has 6 heteroatoms. The van der Waals surface area contributed by atoms with Gasteiger partial charge in [0, 0.05) is 18.9 Å². The zero-order chi connectivity index (χ0) is 17.5. The van der Waals surface area contributed by atoms with E-state index < -0.39 is 0 Å². The van der Waals surface area contributed by atoms with E-state index in [2.05, 4.69) is 26.1 Å². The molecule has 0 fully saturated rings. The number of nitrogens with zero attached hydrogens (tertiary/aromatic N) is 4. The molecule has 0 aliphatic heterocycles. The molecule has 1 atom stereocenters. The quantitative estimate of drug-likeness (QED) is 0.588. The standard InChI is InChI=1S/C19H25N5O/c20-10-1-2-13-24(14-17-16(23-25)8-5-11-21-17)18-9-3-6-15-7-4-12-22-19(15)18/h4-5,7-8,11-12,18H,1-3,6,9-10,13-14,20H2. The van der Waals surface area contributed by atoms with E-state index in [4.69, 9.17) is 5.73 Å². The average molecular weight is 339 g/mol. The lowest BCUT2D eigenvalue weighted by atomic mass is 9.90. The molecule has 132 valence electrons. The molecule has 2 aromatic heterocycles. The molecule has 0 aromatic carbocycles. The second kappa shape index (κ2) is 8.78. The van der Waals surface area contributed by atoms with Gasteiger partial charge in [0.1, 0.15) is 5.69 Å². The van der Waals surface area contributed by atoms with E-state index in [1.54, 1.807) is 18.3 Å². The van der Waals surface area contributed by atoms with Gasteiger partial charge in [0.25, 0.3) is 0 Å². The van der Waals surface area contributed by atoms with Crippen LogP contribution in [0.25, 0.3) is 0 Å². The number of rotatable bonds is 8. The lowest BCUT2D eigenvalue weighted by Gasteiger charge is -2.35. The van der Waals surface area contributed by atoms with Gasteiger partial charge >= 0.3 is 0 Å². The summed E-state index contributed by atoms with van der Waals surface area (Å²) in [5.41, 5.74) is 9.31. The predicted molar refractivity (Wildman–Crippen MR) is 98.3 cm³/mol. The molecule has 6 nitrogen and oxygen atoms in total. The van der Waals surface area contributed by atoms with Gasteiger partial charge in [0.05, 0.1) is 17.4 Å². The number of aromatic nitrogens is 2. The van der Waals surface area contributed by atoms with Gasteiger partial charge in [0.15, 0.2) is 0 Å². The summed E-state index contributed by atoms with van der Waals surface area (Å²) >= 11 is 0. The summed E-state index contributed by atoms with van der Waals surface area (Å²) in [7, 11) is 0. The SMILES string of the molecule is NCCCCN(Cc1ncccc1N=O)C1CCCc2cccnc21. The summed E-state index contributed by atoms with van der Waals surface area (Å²) in [5, 5.41) is 3.13. The van der Waals surface area contributed by atoms with Crippen molar-refractivity contribution in [2.24, 2.45) is 10.9 Å². The molecule has 0 radical (unpaired) electrons. The molecule has 0 spiro atoms. The predicted octanol–water partition coefficient (Wildman–Crippen LogP) is 3.49. The Morgan fingerprint density at radius 2 is 2.04 bits per heavy atom. The minimum atomic E-state index is 0.254. The summed E-state index contributed by atoms with van der Waals surface area (Å²) < 4.78 is 0. The highest BCUT2D eigenvalue weighted by atomic mass is 16.3. The number of unbranched alkanes of at least 4 members (excludes halogenated alkanes) is 1. The van der Waals surface area contributed by atoms with Crippen LogP contribution in [0.1, 0.15) is 48.7 Å². The molecule has 3 rings (SSSR count). The molecule has 1 unspecified atom stereocenters. The maximum Gasteiger partial charge on any atom is 0.130 e. The van der Waals surface area contributed by atoms with Gasteiger partial charge in [-0.2, -0.15) is 0 Å². The Balaban J connectivity index is 1.86. The first-order valence-corrected chi connectivity index (χ1v) is 8.98. The second-order valence-corrected chi connectivity index (χ2v) is 6.48. The number of nitrogens with two attached hydrogens (primary N) is 1. The van der Waals surface area contributed by atoms with Crippen molar-refractivity contribution in [3.63, 3.8) is 0 Å². The third-order valence-corrected chi connectivity index (χ3v) is 4.82. The fourth-order valence-electron chi connectivity index (χ4n) is 3.57. The zero-order valence-electron chi connectivity index (χ0n) is 14.5. The van der Waals surface area contributed by atoms with Gasteiger partial charge in [-0.3, -0.25) is 14.9 Å². The van der Waals surface area contributed by atoms with Crippen molar-refractivity contribution in [1.82, 2.24) is 14.9 Å². The summed E-state index contributed by atoms with van der Waals surface area (Å²) in [4.78, 5) is 22.5. The van der Waals surface area contributed by atoms with Crippen LogP contribution in [0, 0.1) is 4.91 Å². The molecule has 0 amide bonds. The van der Waals surface area contributed by atoms with Crippen molar-refractivity contribution in [3.8, 4) is 0 Å². The molecule has 0 bridgehead atoms. The molecule has 2 heterocycles. The van der Waals surface area contributed by atoms with Crippen LogP contribution < -0.4 is 5.73 Å². The van der Waals surface area contributed by atoms with E-state index in [9.17, 15) is 4.91 Å². The maximum absolute atomic E-state index is 11.1. The lowest BCUT2D eigenvalue weighted by Crippen LogP contribution is -2.33. The van der Waals surface area contributed by atoms with Gasteiger partial charge in [-0.1, -0.05) is 6.07 Å². The average Bonchev–Trinajstić information content (AvgIpc) is 2.67. The number of fused-ring (bicyclic) bond motifs is 1. The Morgan fingerprint density at radius 3 is 2.88 bits per heavy atom.